The first-order valence-corrected chi connectivity index (χ1v) is 10.2. The number of amides is 1. The Balaban J connectivity index is 1.55. The van der Waals surface area contributed by atoms with Gasteiger partial charge in [-0.05, 0) is 30.3 Å². The van der Waals surface area contributed by atoms with Crippen LogP contribution in [0.2, 0.25) is 15.1 Å². The Morgan fingerprint density at radius 2 is 1.93 bits per heavy atom. The van der Waals surface area contributed by atoms with E-state index in [4.69, 9.17) is 39.5 Å². The normalized spacial score (nSPS) is 10.7. The first kappa shape index (κ1) is 20.8. The molecule has 2 aromatic carbocycles. The molecule has 0 saturated heterocycles. The van der Waals surface area contributed by atoms with Crippen LogP contribution in [-0.4, -0.2) is 26.4 Å². The van der Waals surface area contributed by atoms with Crippen molar-refractivity contribution < 1.29 is 9.53 Å². The van der Waals surface area contributed by atoms with Crippen LogP contribution in [0.15, 0.2) is 47.6 Å². The van der Waals surface area contributed by atoms with E-state index >= 15 is 0 Å². The van der Waals surface area contributed by atoms with Crippen LogP contribution in [0.3, 0.4) is 0 Å². The average Bonchev–Trinajstić information content (AvgIpc) is 3.00. The molecule has 0 aliphatic heterocycles. The van der Waals surface area contributed by atoms with Crippen LogP contribution in [-0.2, 0) is 18.4 Å². The SMILES string of the molecule is Cn1c(COc2cc(Cl)ccc2Cl)nnc1SCC(=O)Nc1cccc(Cl)c1. The minimum Gasteiger partial charge on any atom is -0.484 e. The van der Waals surface area contributed by atoms with Gasteiger partial charge in [-0.15, -0.1) is 10.2 Å². The molecule has 0 spiro atoms. The second-order valence-electron chi connectivity index (χ2n) is 5.67. The van der Waals surface area contributed by atoms with Crippen molar-refractivity contribution in [3.63, 3.8) is 0 Å². The molecule has 3 aromatic rings. The zero-order chi connectivity index (χ0) is 20.1. The fourth-order valence-electron chi connectivity index (χ4n) is 2.22. The molecule has 0 atom stereocenters. The summed E-state index contributed by atoms with van der Waals surface area (Å²) in [7, 11) is 1.80. The molecule has 146 valence electrons. The lowest BCUT2D eigenvalue weighted by Gasteiger charge is -2.08. The maximum Gasteiger partial charge on any atom is 0.234 e. The molecule has 3 rings (SSSR count). The molecule has 1 heterocycles. The van der Waals surface area contributed by atoms with E-state index in [0.29, 0.717) is 37.5 Å². The molecule has 0 aliphatic carbocycles. The van der Waals surface area contributed by atoms with E-state index in [2.05, 4.69) is 15.5 Å². The van der Waals surface area contributed by atoms with E-state index < -0.39 is 0 Å². The lowest BCUT2D eigenvalue weighted by Crippen LogP contribution is -2.14. The molecule has 0 aliphatic rings. The third-order valence-corrected chi connectivity index (χ3v) is 5.42. The van der Waals surface area contributed by atoms with E-state index in [1.54, 1.807) is 54.1 Å². The van der Waals surface area contributed by atoms with E-state index in [1.165, 1.54) is 11.8 Å². The van der Waals surface area contributed by atoms with Crippen LogP contribution < -0.4 is 10.1 Å². The third kappa shape index (κ3) is 5.54. The number of anilines is 1. The van der Waals surface area contributed by atoms with Crippen LogP contribution in [0.1, 0.15) is 5.82 Å². The Bertz CT molecular complexity index is 997. The number of aromatic nitrogens is 3. The van der Waals surface area contributed by atoms with Crippen molar-refractivity contribution in [1.29, 1.82) is 0 Å². The smallest absolute Gasteiger partial charge is 0.234 e. The molecule has 1 amide bonds. The van der Waals surface area contributed by atoms with E-state index in [1.807, 2.05) is 0 Å². The molecule has 1 N–H and O–H groups in total. The van der Waals surface area contributed by atoms with Gasteiger partial charge in [0.25, 0.3) is 0 Å². The minimum atomic E-state index is -0.168. The van der Waals surface area contributed by atoms with E-state index in [9.17, 15) is 4.79 Å². The highest BCUT2D eigenvalue weighted by molar-refractivity contribution is 7.99. The van der Waals surface area contributed by atoms with Gasteiger partial charge < -0.3 is 14.6 Å². The molecule has 0 fully saturated rings. The van der Waals surface area contributed by atoms with Crippen molar-refractivity contribution >= 4 is 58.2 Å². The molecule has 1 aromatic heterocycles. The van der Waals surface area contributed by atoms with Gasteiger partial charge in [-0.25, -0.2) is 0 Å². The van der Waals surface area contributed by atoms with Gasteiger partial charge in [0.05, 0.1) is 10.8 Å². The van der Waals surface area contributed by atoms with Crippen LogP contribution in [0.5, 0.6) is 5.75 Å². The Labute approximate surface area is 181 Å². The maximum atomic E-state index is 12.1. The van der Waals surface area contributed by atoms with E-state index in [-0.39, 0.29) is 18.3 Å². The van der Waals surface area contributed by atoms with Gasteiger partial charge in [-0.1, -0.05) is 52.6 Å². The first-order chi connectivity index (χ1) is 13.4. The Morgan fingerprint density at radius 1 is 1.14 bits per heavy atom. The second-order valence-corrected chi connectivity index (χ2v) is 7.89. The fourth-order valence-corrected chi connectivity index (χ4v) is 3.47. The number of carbonyl (C=O) groups is 1. The number of hydrogen-bond acceptors (Lipinski definition) is 5. The van der Waals surface area contributed by atoms with Crippen molar-refractivity contribution in [2.75, 3.05) is 11.1 Å². The number of halogens is 3. The Morgan fingerprint density at radius 3 is 2.71 bits per heavy atom. The van der Waals surface area contributed by atoms with Gasteiger partial charge in [-0.2, -0.15) is 0 Å². The number of nitrogens with zero attached hydrogens (tertiary/aromatic N) is 3. The van der Waals surface area contributed by atoms with Gasteiger partial charge >= 0.3 is 0 Å². The standard InChI is InChI=1S/C18H15Cl3N4O2S/c1-25-16(9-27-15-8-12(20)5-6-14(15)21)23-24-18(25)28-10-17(26)22-13-4-2-3-11(19)7-13/h2-8H,9-10H2,1H3,(H,22,26). The van der Waals surface area contributed by atoms with Crippen molar-refractivity contribution in [3.8, 4) is 5.75 Å². The van der Waals surface area contributed by atoms with Crippen LogP contribution >= 0.6 is 46.6 Å². The largest absolute Gasteiger partial charge is 0.484 e. The number of carbonyl (C=O) groups excluding carboxylic acids is 1. The minimum absolute atomic E-state index is 0.166. The van der Waals surface area contributed by atoms with Crippen molar-refractivity contribution in [1.82, 2.24) is 14.8 Å². The number of benzene rings is 2. The summed E-state index contributed by atoms with van der Waals surface area (Å²) >= 11 is 19.2. The lowest BCUT2D eigenvalue weighted by molar-refractivity contribution is -0.113. The predicted octanol–water partition coefficient (Wildman–Crippen LogP) is 5.09. The Hall–Kier alpha value is -1.93. The average molecular weight is 458 g/mol. The first-order valence-electron chi connectivity index (χ1n) is 8.06. The third-order valence-electron chi connectivity index (χ3n) is 3.62. The number of hydrogen-bond donors (Lipinski definition) is 1. The number of nitrogens with one attached hydrogen (secondary N) is 1. The number of rotatable bonds is 7. The van der Waals surface area contributed by atoms with Gasteiger partial charge in [0.2, 0.25) is 5.91 Å². The summed E-state index contributed by atoms with van der Waals surface area (Å²) in [5.41, 5.74) is 0.642. The van der Waals surface area contributed by atoms with Gasteiger partial charge in [0.1, 0.15) is 12.4 Å². The van der Waals surface area contributed by atoms with Gasteiger partial charge in [-0.3, -0.25) is 4.79 Å². The summed E-state index contributed by atoms with van der Waals surface area (Å²) in [6.45, 7) is 0.166. The highest BCUT2D eigenvalue weighted by Gasteiger charge is 2.13. The molecule has 0 bridgehead atoms. The Kier molecular flexibility index (Phi) is 7.07. The van der Waals surface area contributed by atoms with Crippen LogP contribution in [0.25, 0.3) is 0 Å². The predicted molar refractivity (Wildman–Crippen MR) is 113 cm³/mol. The van der Waals surface area contributed by atoms with Crippen molar-refractivity contribution in [2.24, 2.45) is 7.05 Å². The summed E-state index contributed by atoms with van der Waals surface area (Å²) in [5, 5.41) is 13.1. The fraction of sp³-hybridized carbons (Fsp3) is 0.167. The molecule has 0 saturated carbocycles. The number of thioether (sulfide) groups is 1. The lowest BCUT2D eigenvalue weighted by atomic mass is 10.3. The summed E-state index contributed by atoms with van der Waals surface area (Å²) in [6.07, 6.45) is 0. The monoisotopic (exact) mass is 456 g/mol. The number of ether oxygens (including phenoxy) is 1. The second kappa shape index (κ2) is 9.52. The zero-order valence-electron chi connectivity index (χ0n) is 14.7. The van der Waals surface area contributed by atoms with Crippen molar-refractivity contribution in [2.45, 2.75) is 11.8 Å². The summed E-state index contributed by atoms with van der Waals surface area (Å²) in [6, 6.07) is 11.9. The summed E-state index contributed by atoms with van der Waals surface area (Å²) < 4.78 is 7.43. The summed E-state index contributed by atoms with van der Waals surface area (Å²) in [4.78, 5) is 12.1. The van der Waals surface area contributed by atoms with Gasteiger partial charge in [0, 0.05) is 28.8 Å². The van der Waals surface area contributed by atoms with Crippen LogP contribution in [0, 0.1) is 0 Å². The maximum absolute atomic E-state index is 12.1. The van der Waals surface area contributed by atoms with Crippen molar-refractivity contribution in [3.05, 3.63) is 63.4 Å². The van der Waals surface area contributed by atoms with E-state index in [0.717, 1.165) is 0 Å². The summed E-state index contributed by atoms with van der Waals surface area (Å²) in [5.74, 6) is 1.07. The molecule has 28 heavy (non-hydrogen) atoms. The van der Waals surface area contributed by atoms with Crippen LogP contribution in [0.4, 0.5) is 5.69 Å². The highest BCUT2D eigenvalue weighted by Crippen LogP contribution is 2.28. The molecular weight excluding hydrogens is 443 g/mol. The molecule has 0 unspecified atom stereocenters. The van der Waals surface area contributed by atoms with Gasteiger partial charge in [0.15, 0.2) is 11.0 Å². The molecule has 0 radical (unpaired) electrons. The topological polar surface area (TPSA) is 69.0 Å². The zero-order valence-corrected chi connectivity index (χ0v) is 17.7. The molecular formula is C18H15Cl3N4O2S. The highest BCUT2D eigenvalue weighted by atomic mass is 35.5. The quantitative estimate of drug-likeness (QED) is 0.501. The molecule has 6 nitrogen and oxygen atoms in total. The molecule has 10 heteroatoms.